The molecular formula is C15H20N2. The van der Waals surface area contributed by atoms with E-state index in [9.17, 15) is 0 Å². The third-order valence-corrected chi connectivity index (χ3v) is 3.33. The van der Waals surface area contributed by atoms with E-state index in [0.29, 0.717) is 6.54 Å². The summed E-state index contributed by atoms with van der Waals surface area (Å²) in [5.41, 5.74) is 10.4. The van der Waals surface area contributed by atoms with Gasteiger partial charge in [-0.2, -0.15) is 0 Å². The quantitative estimate of drug-likeness (QED) is 0.858. The Balaban J connectivity index is 2.66. The first kappa shape index (κ1) is 12.1. The minimum Gasteiger partial charge on any atom is -0.330 e. The van der Waals surface area contributed by atoms with Crippen molar-refractivity contribution in [3.63, 3.8) is 0 Å². The van der Waals surface area contributed by atoms with Crippen molar-refractivity contribution in [1.82, 2.24) is 4.98 Å². The molecule has 0 aliphatic heterocycles. The first-order chi connectivity index (χ1) is 7.94. The Morgan fingerprint density at radius 2 is 1.88 bits per heavy atom. The van der Waals surface area contributed by atoms with Crippen molar-refractivity contribution in [3.05, 3.63) is 41.1 Å². The lowest BCUT2D eigenvalue weighted by Crippen LogP contribution is -2.29. The van der Waals surface area contributed by atoms with Crippen LogP contribution in [0.15, 0.2) is 24.3 Å². The number of aryl methyl sites for hydroxylation is 2. The van der Waals surface area contributed by atoms with Crippen LogP contribution < -0.4 is 5.73 Å². The van der Waals surface area contributed by atoms with Crippen molar-refractivity contribution in [1.29, 1.82) is 0 Å². The van der Waals surface area contributed by atoms with Crippen LogP contribution >= 0.6 is 0 Å². The van der Waals surface area contributed by atoms with E-state index in [1.54, 1.807) is 0 Å². The molecule has 1 aromatic carbocycles. The Hall–Kier alpha value is -1.41. The Labute approximate surface area is 103 Å². The highest BCUT2D eigenvalue weighted by molar-refractivity contribution is 5.82. The fourth-order valence-electron chi connectivity index (χ4n) is 2.08. The largest absolute Gasteiger partial charge is 0.330 e. The van der Waals surface area contributed by atoms with Gasteiger partial charge in [-0.05, 0) is 31.5 Å². The van der Waals surface area contributed by atoms with Gasteiger partial charge >= 0.3 is 0 Å². The van der Waals surface area contributed by atoms with Crippen molar-refractivity contribution in [2.45, 2.75) is 33.1 Å². The van der Waals surface area contributed by atoms with Gasteiger partial charge in [0.05, 0.1) is 5.52 Å². The van der Waals surface area contributed by atoms with Gasteiger partial charge in [-0.25, -0.2) is 0 Å². The Kier molecular flexibility index (Phi) is 2.92. The third kappa shape index (κ3) is 2.18. The molecule has 0 fully saturated rings. The molecule has 0 bridgehead atoms. The predicted octanol–water partition coefficient (Wildman–Crippen LogP) is 3.09. The monoisotopic (exact) mass is 228 g/mol. The van der Waals surface area contributed by atoms with E-state index in [0.717, 1.165) is 11.2 Å². The molecule has 2 rings (SSSR count). The van der Waals surface area contributed by atoms with Crippen molar-refractivity contribution in [2.24, 2.45) is 5.73 Å². The first-order valence-electron chi connectivity index (χ1n) is 6.02. The van der Waals surface area contributed by atoms with Crippen molar-refractivity contribution in [2.75, 3.05) is 6.54 Å². The van der Waals surface area contributed by atoms with Gasteiger partial charge in [-0.3, -0.25) is 4.98 Å². The number of pyridine rings is 1. The zero-order valence-electron chi connectivity index (χ0n) is 11.0. The number of hydrogen-bond acceptors (Lipinski definition) is 2. The second-order valence-electron chi connectivity index (χ2n) is 5.44. The first-order valence-corrected chi connectivity index (χ1v) is 6.02. The van der Waals surface area contributed by atoms with Gasteiger partial charge in [-0.15, -0.1) is 0 Å². The summed E-state index contributed by atoms with van der Waals surface area (Å²) in [6.07, 6.45) is 0. The van der Waals surface area contributed by atoms with Crippen LogP contribution in [0.5, 0.6) is 0 Å². The van der Waals surface area contributed by atoms with Crippen LogP contribution in [0.1, 0.15) is 30.7 Å². The van der Waals surface area contributed by atoms with Gasteiger partial charge in [-0.1, -0.05) is 31.5 Å². The molecule has 2 aromatic rings. The predicted molar refractivity (Wildman–Crippen MR) is 73.3 cm³/mol. The molecule has 0 aliphatic carbocycles. The van der Waals surface area contributed by atoms with Crippen LogP contribution in [0.3, 0.4) is 0 Å². The second-order valence-corrected chi connectivity index (χ2v) is 5.44. The van der Waals surface area contributed by atoms with E-state index < -0.39 is 0 Å². The maximum atomic E-state index is 5.80. The molecule has 0 unspecified atom stereocenters. The average molecular weight is 228 g/mol. The van der Waals surface area contributed by atoms with Crippen LogP contribution in [0, 0.1) is 13.8 Å². The van der Waals surface area contributed by atoms with E-state index in [4.69, 9.17) is 10.7 Å². The molecule has 2 N–H and O–H groups in total. The van der Waals surface area contributed by atoms with E-state index in [2.05, 4.69) is 52.0 Å². The highest BCUT2D eigenvalue weighted by Crippen LogP contribution is 2.25. The van der Waals surface area contributed by atoms with E-state index in [-0.39, 0.29) is 5.41 Å². The molecule has 0 radical (unpaired) electrons. The Bertz CT molecular complexity index is 556. The topological polar surface area (TPSA) is 38.9 Å². The van der Waals surface area contributed by atoms with Crippen molar-refractivity contribution < 1.29 is 0 Å². The number of hydrogen-bond donors (Lipinski definition) is 1. The number of rotatable bonds is 2. The van der Waals surface area contributed by atoms with Crippen molar-refractivity contribution in [3.8, 4) is 0 Å². The minimum atomic E-state index is -0.0640. The highest BCUT2D eigenvalue weighted by Gasteiger charge is 2.20. The fraction of sp³-hybridized carbons (Fsp3) is 0.400. The fourth-order valence-corrected chi connectivity index (χ4v) is 2.08. The summed E-state index contributed by atoms with van der Waals surface area (Å²) in [7, 11) is 0. The number of benzene rings is 1. The van der Waals surface area contributed by atoms with Crippen LogP contribution in [-0.2, 0) is 5.41 Å². The van der Waals surface area contributed by atoms with Crippen LogP contribution in [-0.4, -0.2) is 11.5 Å². The number of nitrogens with two attached hydrogens (primary N) is 1. The zero-order chi connectivity index (χ0) is 12.6. The van der Waals surface area contributed by atoms with Crippen molar-refractivity contribution >= 4 is 10.9 Å². The van der Waals surface area contributed by atoms with Crippen LogP contribution in [0.4, 0.5) is 0 Å². The third-order valence-electron chi connectivity index (χ3n) is 3.33. The normalized spacial score (nSPS) is 12.1. The highest BCUT2D eigenvalue weighted by atomic mass is 14.7. The number of fused-ring (bicyclic) bond motifs is 1. The molecule has 0 amide bonds. The molecule has 0 saturated carbocycles. The maximum Gasteiger partial charge on any atom is 0.0734 e. The molecule has 1 heterocycles. The summed E-state index contributed by atoms with van der Waals surface area (Å²) >= 11 is 0. The number of aromatic nitrogens is 1. The summed E-state index contributed by atoms with van der Waals surface area (Å²) < 4.78 is 0. The molecule has 0 saturated heterocycles. The molecule has 0 atom stereocenters. The summed E-state index contributed by atoms with van der Waals surface area (Å²) in [6.45, 7) is 9.09. The summed E-state index contributed by atoms with van der Waals surface area (Å²) in [5, 5.41) is 1.21. The molecule has 1 aromatic heterocycles. The SMILES string of the molecule is Cc1cc(C)c2nc(C(C)(C)CN)ccc2c1. The van der Waals surface area contributed by atoms with Gasteiger partial charge in [0.1, 0.15) is 0 Å². The number of nitrogens with zero attached hydrogens (tertiary/aromatic N) is 1. The smallest absolute Gasteiger partial charge is 0.0734 e. The summed E-state index contributed by atoms with van der Waals surface area (Å²) in [5.74, 6) is 0. The van der Waals surface area contributed by atoms with E-state index >= 15 is 0 Å². The van der Waals surface area contributed by atoms with Gasteiger partial charge in [0.2, 0.25) is 0 Å². The minimum absolute atomic E-state index is 0.0640. The van der Waals surface area contributed by atoms with Gasteiger partial charge in [0, 0.05) is 23.0 Å². The van der Waals surface area contributed by atoms with Gasteiger partial charge in [0.25, 0.3) is 0 Å². The molecule has 17 heavy (non-hydrogen) atoms. The van der Waals surface area contributed by atoms with Crippen LogP contribution in [0.25, 0.3) is 10.9 Å². The molecule has 2 heteroatoms. The van der Waals surface area contributed by atoms with Gasteiger partial charge in [0.15, 0.2) is 0 Å². The molecular weight excluding hydrogens is 208 g/mol. The second kappa shape index (κ2) is 4.11. The Morgan fingerprint density at radius 1 is 1.18 bits per heavy atom. The average Bonchev–Trinajstić information content (AvgIpc) is 2.28. The molecule has 0 spiro atoms. The lowest BCUT2D eigenvalue weighted by molar-refractivity contribution is 0.523. The summed E-state index contributed by atoms with van der Waals surface area (Å²) in [4.78, 5) is 4.78. The standard InChI is InChI=1S/C15H20N2/c1-10-7-11(2)14-12(8-10)5-6-13(17-14)15(3,4)9-16/h5-8H,9,16H2,1-4H3. The lowest BCUT2D eigenvalue weighted by Gasteiger charge is -2.22. The summed E-state index contributed by atoms with van der Waals surface area (Å²) in [6, 6.07) is 8.59. The van der Waals surface area contributed by atoms with E-state index in [1.165, 1.54) is 16.5 Å². The molecule has 0 aliphatic rings. The maximum absolute atomic E-state index is 5.80. The molecule has 90 valence electrons. The van der Waals surface area contributed by atoms with Gasteiger partial charge < -0.3 is 5.73 Å². The Morgan fingerprint density at radius 3 is 2.53 bits per heavy atom. The zero-order valence-corrected chi connectivity index (χ0v) is 11.0. The van der Waals surface area contributed by atoms with Crippen LogP contribution in [0.2, 0.25) is 0 Å². The van der Waals surface area contributed by atoms with E-state index in [1.807, 2.05) is 0 Å². The lowest BCUT2D eigenvalue weighted by atomic mass is 9.88. The molecule has 2 nitrogen and oxygen atoms in total.